The van der Waals surface area contributed by atoms with Gasteiger partial charge in [-0.15, -0.1) is 0 Å². The molecule has 4 rings (SSSR count). The zero-order chi connectivity index (χ0) is 19.8. The molecule has 0 aromatic heterocycles. The summed E-state index contributed by atoms with van der Waals surface area (Å²) in [4.78, 5) is 25.1. The Hall–Kier alpha value is -1.66. The van der Waals surface area contributed by atoms with Crippen LogP contribution in [0.2, 0.25) is 0 Å². The smallest absolute Gasteiger partial charge is 0.336 e. The number of hydrogen-bond acceptors (Lipinski definition) is 6. The molecule has 1 spiro atoms. The van der Waals surface area contributed by atoms with Crippen molar-refractivity contribution in [2.45, 2.75) is 77.5 Å². The maximum Gasteiger partial charge on any atom is 0.336 e. The lowest BCUT2D eigenvalue weighted by molar-refractivity contribution is -0.236. The van der Waals surface area contributed by atoms with E-state index in [-0.39, 0.29) is 12.0 Å². The summed E-state index contributed by atoms with van der Waals surface area (Å²) in [5, 5.41) is 0. The molecule has 0 aromatic rings. The Balaban J connectivity index is 1.88. The van der Waals surface area contributed by atoms with E-state index in [0.717, 1.165) is 18.4 Å². The average Bonchev–Trinajstić information content (AvgIpc) is 3.23. The fraction of sp³-hybridized carbons (Fsp3) is 0.714. The molecule has 0 aromatic carbocycles. The van der Waals surface area contributed by atoms with E-state index in [9.17, 15) is 9.59 Å². The van der Waals surface area contributed by atoms with Gasteiger partial charge in [-0.25, -0.2) is 9.59 Å². The monoisotopic (exact) mass is 376 g/mol. The Kier molecular flexibility index (Phi) is 3.93. The van der Waals surface area contributed by atoms with E-state index in [2.05, 4.69) is 13.8 Å². The van der Waals surface area contributed by atoms with Crippen LogP contribution >= 0.6 is 0 Å². The molecular weight excluding hydrogens is 348 g/mol. The van der Waals surface area contributed by atoms with Crippen LogP contribution in [0.4, 0.5) is 0 Å². The summed E-state index contributed by atoms with van der Waals surface area (Å²) >= 11 is 0. The quantitative estimate of drug-likeness (QED) is 0.428. The van der Waals surface area contributed by atoms with Crippen LogP contribution in [-0.2, 0) is 28.5 Å². The van der Waals surface area contributed by atoms with Gasteiger partial charge in [-0.05, 0) is 39.5 Å². The molecule has 0 N–H and O–H groups in total. The highest BCUT2D eigenvalue weighted by atomic mass is 16.7. The molecule has 0 unspecified atom stereocenters. The number of carbonyl (C=O) groups is 2. The number of methoxy groups -OCH3 is 1. The molecular formula is C21H28O6. The summed E-state index contributed by atoms with van der Waals surface area (Å²) in [6, 6.07) is 0. The van der Waals surface area contributed by atoms with Crippen LogP contribution in [0.1, 0.15) is 53.9 Å². The SMILES string of the molecule is CO[C@]12C[C@@]34O[C@@H]3CC[C@H](C)[C@@]4(C)[C@H](OC(=O)C=C(C)C)C1=C(C)C(=O)O2. The van der Waals surface area contributed by atoms with Crippen molar-refractivity contribution in [1.82, 2.24) is 0 Å². The van der Waals surface area contributed by atoms with Crippen LogP contribution in [0, 0.1) is 11.3 Å². The fourth-order valence-electron chi connectivity index (χ4n) is 5.57. The number of carbonyl (C=O) groups excluding carboxylic acids is 2. The van der Waals surface area contributed by atoms with Gasteiger partial charge in [0.05, 0.1) is 18.1 Å². The minimum Gasteiger partial charge on any atom is -0.454 e. The van der Waals surface area contributed by atoms with Crippen molar-refractivity contribution in [3.63, 3.8) is 0 Å². The molecule has 0 bridgehead atoms. The minimum absolute atomic E-state index is 0.0801. The Morgan fingerprint density at radius 3 is 2.63 bits per heavy atom. The number of rotatable bonds is 3. The molecule has 6 heteroatoms. The van der Waals surface area contributed by atoms with E-state index >= 15 is 0 Å². The van der Waals surface area contributed by atoms with Gasteiger partial charge in [-0.3, -0.25) is 0 Å². The number of esters is 2. The van der Waals surface area contributed by atoms with Gasteiger partial charge in [0.2, 0.25) is 5.79 Å². The first-order valence-corrected chi connectivity index (χ1v) is 9.64. The van der Waals surface area contributed by atoms with Crippen LogP contribution in [0.25, 0.3) is 0 Å². The molecule has 0 radical (unpaired) electrons. The zero-order valence-corrected chi connectivity index (χ0v) is 16.9. The first-order valence-electron chi connectivity index (χ1n) is 9.64. The first kappa shape index (κ1) is 18.7. The summed E-state index contributed by atoms with van der Waals surface area (Å²) in [6.07, 6.45) is 3.30. The largest absolute Gasteiger partial charge is 0.454 e. The summed E-state index contributed by atoms with van der Waals surface area (Å²) in [5.74, 6) is -1.80. The third kappa shape index (κ3) is 2.26. The van der Waals surface area contributed by atoms with E-state index in [1.54, 1.807) is 6.92 Å². The molecule has 0 amide bonds. The van der Waals surface area contributed by atoms with Crippen molar-refractivity contribution < 1.29 is 28.5 Å². The maximum atomic E-state index is 12.6. The van der Waals surface area contributed by atoms with Crippen molar-refractivity contribution in [3.8, 4) is 0 Å². The summed E-state index contributed by atoms with van der Waals surface area (Å²) in [5.41, 5.74) is 1.01. The van der Waals surface area contributed by atoms with Crippen molar-refractivity contribution in [3.05, 3.63) is 22.8 Å². The van der Waals surface area contributed by atoms with Gasteiger partial charge in [0, 0.05) is 24.2 Å². The highest BCUT2D eigenvalue weighted by Crippen LogP contribution is 2.71. The molecule has 6 nitrogen and oxygen atoms in total. The Morgan fingerprint density at radius 1 is 1.30 bits per heavy atom. The van der Waals surface area contributed by atoms with Crippen LogP contribution in [-0.4, -0.2) is 42.6 Å². The normalized spacial score (nSPS) is 44.7. The van der Waals surface area contributed by atoms with E-state index in [1.165, 1.54) is 13.2 Å². The van der Waals surface area contributed by atoms with Gasteiger partial charge >= 0.3 is 11.9 Å². The second-order valence-corrected chi connectivity index (χ2v) is 8.86. The second kappa shape index (κ2) is 5.67. The lowest BCUT2D eigenvalue weighted by Crippen LogP contribution is -2.64. The molecule has 2 aliphatic carbocycles. The predicted molar refractivity (Wildman–Crippen MR) is 96.6 cm³/mol. The zero-order valence-electron chi connectivity index (χ0n) is 16.9. The molecule has 4 aliphatic rings. The maximum absolute atomic E-state index is 12.6. The topological polar surface area (TPSA) is 74.4 Å². The fourth-order valence-corrected chi connectivity index (χ4v) is 5.57. The Morgan fingerprint density at radius 2 is 2.00 bits per heavy atom. The Labute approximate surface area is 159 Å². The summed E-state index contributed by atoms with van der Waals surface area (Å²) in [7, 11) is 1.53. The lowest BCUT2D eigenvalue weighted by atomic mass is 9.51. The van der Waals surface area contributed by atoms with E-state index in [0.29, 0.717) is 17.6 Å². The predicted octanol–water partition coefficient (Wildman–Crippen LogP) is 3.06. The molecule has 2 aliphatic heterocycles. The van der Waals surface area contributed by atoms with E-state index in [1.807, 2.05) is 13.8 Å². The van der Waals surface area contributed by atoms with E-state index in [4.69, 9.17) is 18.9 Å². The highest BCUT2D eigenvalue weighted by molar-refractivity contribution is 5.93. The molecule has 3 fully saturated rings. The third-order valence-corrected chi connectivity index (χ3v) is 7.26. The number of allylic oxidation sites excluding steroid dienone is 1. The van der Waals surface area contributed by atoms with Crippen LogP contribution in [0.5, 0.6) is 0 Å². The third-order valence-electron chi connectivity index (χ3n) is 7.26. The van der Waals surface area contributed by atoms with Gasteiger partial charge in [0.15, 0.2) is 0 Å². The number of fused-ring (bicyclic) bond motifs is 1. The molecule has 2 saturated carbocycles. The van der Waals surface area contributed by atoms with Gasteiger partial charge in [-0.2, -0.15) is 0 Å². The highest BCUT2D eigenvalue weighted by Gasteiger charge is 2.81. The summed E-state index contributed by atoms with van der Waals surface area (Å²) in [6.45, 7) is 9.72. The standard InChI is InChI=1S/C21H28O6/c1-11(2)9-15(22)25-17-16-13(4)18(23)27-21(16,24-6)10-20-14(26-20)8-7-12(3)19(17,20)5/h9,12,14,17H,7-8,10H2,1-6H3/t12-,14+,17+,19-,20+,21-/m0/s1. The van der Waals surface area contributed by atoms with Crippen molar-refractivity contribution in [2.24, 2.45) is 11.3 Å². The van der Waals surface area contributed by atoms with Crippen molar-refractivity contribution >= 4 is 11.9 Å². The second-order valence-electron chi connectivity index (χ2n) is 8.86. The van der Waals surface area contributed by atoms with Gasteiger partial charge < -0.3 is 18.9 Å². The molecule has 148 valence electrons. The van der Waals surface area contributed by atoms with Crippen LogP contribution in [0.15, 0.2) is 22.8 Å². The number of epoxide rings is 1. The van der Waals surface area contributed by atoms with Crippen LogP contribution in [0.3, 0.4) is 0 Å². The lowest BCUT2D eigenvalue weighted by Gasteiger charge is -2.55. The summed E-state index contributed by atoms with van der Waals surface area (Å²) < 4.78 is 23.7. The van der Waals surface area contributed by atoms with Crippen molar-refractivity contribution in [1.29, 1.82) is 0 Å². The van der Waals surface area contributed by atoms with E-state index < -0.39 is 34.8 Å². The van der Waals surface area contributed by atoms with Gasteiger partial charge in [0.1, 0.15) is 11.7 Å². The number of ether oxygens (including phenoxy) is 4. The molecule has 1 saturated heterocycles. The minimum atomic E-state index is -1.22. The number of hydrogen-bond donors (Lipinski definition) is 0. The molecule has 27 heavy (non-hydrogen) atoms. The van der Waals surface area contributed by atoms with Crippen LogP contribution < -0.4 is 0 Å². The van der Waals surface area contributed by atoms with Crippen molar-refractivity contribution in [2.75, 3.05) is 7.11 Å². The molecule has 6 atom stereocenters. The first-order chi connectivity index (χ1) is 12.6. The average molecular weight is 376 g/mol. The Bertz CT molecular complexity index is 778. The molecule has 2 heterocycles. The van der Waals surface area contributed by atoms with Gasteiger partial charge in [-0.1, -0.05) is 19.4 Å². The van der Waals surface area contributed by atoms with Gasteiger partial charge in [0.25, 0.3) is 0 Å².